The van der Waals surface area contributed by atoms with Crippen molar-refractivity contribution in [1.82, 2.24) is 0 Å². The fraction of sp³-hybridized carbons (Fsp3) is 0.538. The molecule has 96 valence electrons. The Morgan fingerprint density at radius 2 is 1.65 bits per heavy atom. The Kier molecular flexibility index (Phi) is 7.76. The Bertz CT molecular complexity index is 326. The van der Waals surface area contributed by atoms with E-state index in [-0.39, 0.29) is 18.8 Å². The topological polar surface area (TPSA) is 52.6 Å². The number of hydrogen-bond donors (Lipinski definition) is 0. The van der Waals surface area contributed by atoms with Crippen molar-refractivity contribution in [2.24, 2.45) is 0 Å². The van der Waals surface area contributed by atoms with Crippen LogP contribution in [0.1, 0.15) is 34.1 Å². The Morgan fingerprint density at radius 3 is 2.12 bits per heavy atom. The number of esters is 2. The van der Waals surface area contributed by atoms with Gasteiger partial charge in [-0.3, -0.25) is 0 Å². The molecule has 4 nitrogen and oxygen atoms in total. The van der Waals surface area contributed by atoms with E-state index in [0.717, 1.165) is 12.0 Å². The number of carbonyl (C=O) groups excluding carboxylic acids is 2. The zero-order chi connectivity index (χ0) is 13.3. The van der Waals surface area contributed by atoms with Crippen LogP contribution in [0.5, 0.6) is 0 Å². The average molecular weight is 240 g/mol. The molecule has 0 radical (unpaired) electrons. The summed E-state index contributed by atoms with van der Waals surface area (Å²) in [5, 5.41) is 0. The van der Waals surface area contributed by atoms with Gasteiger partial charge in [-0.15, -0.1) is 0 Å². The van der Waals surface area contributed by atoms with Gasteiger partial charge in [0, 0.05) is 6.08 Å². The smallest absolute Gasteiger partial charge is 0.338 e. The molecule has 0 saturated heterocycles. The highest BCUT2D eigenvalue weighted by Gasteiger charge is 2.14. The van der Waals surface area contributed by atoms with Gasteiger partial charge in [-0.2, -0.15) is 0 Å². The molecule has 0 spiro atoms. The monoisotopic (exact) mass is 240 g/mol. The van der Waals surface area contributed by atoms with E-state index in [1.165, 1.54) is 6.08 Å². The summed E-state index contributed by atoms with van der Waals surface area (Å²) in [5.74, 6) is -1.03. The van der Waals surface area contributed by atoms with Crippen LogP contribution in [0.2, 0.25) is 0 Å². The molecule has 0 fully saturated rings. The molecule has 0 atom stereocenters. The highest BCUT2D eigenvalue weighted by atomic mass is 16.5. The third-order valence-electron chi connectivity index (χ3n) is 1.98. The first-order chi connectivity index (χ1) is 8.06. The van der Waals surface area contributed by atoms with Crippen LogP contribution >= 0.6 is 0 Å². The maximum atomic E-state index is 11.7. The van der Waals surface area contributed by atoms with Crippen LogP contribution in [-0.4, -0.2) is 25.2 Å². The average Bonchev–Trinajstić information content (AvgIpc) is 2.26. The molecule has 4 heteroatoms. The second-order valence-corrected chi connectivity index (χ2v) is 3.33. The molecule has 0 amide bonds. The lowest BCUT2D eigenvalue weighted by Gasteiger charge is -2.07. The molecule has 0 aliphatic heterocycles. The molecule has 0 aromatic carbocycles. The van der Waals surface area contributed by atoms with Crippen LogP contribution in [0.3, 0.4) is 0 Å². The van der Waals surface area contributed by atoms with Crippen molar-refractivity contribution in [2.45, 2.75) is 34.1 Å². The summed E-state index contributed by atoms with van der Waals surface area (Å²) >= 11 is 0. The molecule has 0 rings (SSSR count). The van der Waals surface area contributed by atoms with Crippen LogP contribution < -0.4 is 0 Å². The Hall–Kier alpha value is -1.58. The van der Waals surface area contributed by atoms with Crippen molar-refractivity contribution in [3.63, 3.8) is 0 Å². The first kappa shape index (κ1) is 15.4. The molecular formula is C13H20O4. The molecule has 17 heavy (non-hydrogen) atoms. The molecule has 0 saturated carbocycles. The van der Waals surface area contributed by atoms with Crippen LogP contribution in [0.25, 0.3) is 0 Å². The molecule has 0 N–H and O–H groups in total. The lowest BCUT2D eigenvalue weighted by molar-refractivity contribution is -0.140. The molecule has 0 bridgehead atoms. The van der Waals surface area contributed by atoms with Gasteiger partial charge in [-0.1, -0.05) is 13.0 Å². The molecule has 0 aliphatic carbocycles. The lowest BCUT2D eigenvalue weighted by Crippen LogP contribution is -2.12. The Morgan fingerprint density at radius 1 is 1.06 bits per heavy atom. The van der Waals surface area contributed by atoms with E-state index in [0.29, 0.717) is 0 Å². The summed E-state index contributed by atoms with van der Waals surface area (Å²) in [6.07, 6.45) is 3.83. The normalized spacial score (nSPS) is 12.2. The SMILES string of the molecule is CC/C=C(C)/C(=C/C(=O)OCC)C(=O)OCC. The van der Waals surface area contributed by atoms with Gasteiger partial charge in [0.1, 0.15) is 0 Å². The number of carbonyl (C=O) groups is 2. The summed E-state index contributed by atoms with van der Waals surface area (Å²) < 4.78 is 9.67. The van der Waals surface area contributed by atoms with Gasteiger partial charge in [0.05, 0.1) is 18.8 Å². The van der Waals surface area contributed by atoms with Crippen LogP contribution in [0.15, 0.2) is 23.3 Å². The van der Waals surface area contributed by atoms with Crippen molar-refractivity contribution in [3.8, 4) is 0 Å². The van der Waals surface area contributed by atoms with Gasteiger partial charge in [0.15, 0.2) is 0 Å². The standard InChI is InChI=1S/C13H20O4/c1-5-8-10(4)11(13(15)17-7-3)9-12(14)16-6-2/h8-9H,5-7H2,1-4H3/b10-8+,11-9-. The minimum absolute atomic E-state index is 0.257. The van der Waals surface area contributed by atoms with Crippen molar-refractivity contribution in [3.05, 3.63) is 23.3 Å². The first-order valence-electron chi connectivity index (χ1n) is 5.79. The molecule has 0 heterocycles. The number of hydrogen-bond acceptors (Lipinski definition) is 4. The van der Waals surface area contributed by atoms with Gasteiger partial charge >= 0.3 is 11.9 Å². The predicted octanol–water partition coefficient (Wildman–Crippen LogP) is 2.40. The fourth-order valence-corrected chi connectivity index (χ4v) is 1.26. The zero-order valence-electron chi connectivity index (χ0n) is 10.9. The summed E-state index contributed by atoms with van der Waals surface area (Å²) in [5.41, 5.74) is 0.978. The highest BCUT2D eigenvalue weighted by Crippen LogP contribution is 2.12. The number of ether oxygens (including phenoxy) is 2. The fourth-order valence-electron chi connectivity index (χ4n) is 1.26. The van der Waals surface area contributed by atoms with E-state index in [9.17, 15) is 9.59 Å². The van der Waals surface area contributed by atoms with Crippen LogP contribution in [0.4, 0.5) is 0 Å². The van der Waals surface area contributed by atoms with E-state index >= 15 is 0 Å². The van der Waals surface area contributed by atoms with E-state index < -0.39 is 11.9 Å². The quantitative estimate of drug-likeness (QED) is 0.406. The van der Waals surface area contributed by atoms with E-state index in [2.05, 4.69) is 0 Å². The highest BCUT2D eigenvalue weighted by molar-refractivity contribution is 5.99. The van der Waals surface area contributed by atoms with Crippen molar-refractivity contribution >= 4 is 11.9 Å². The molecule has 0 aromatic rings. The summed E-state index contributed by atoms with van der Waals surface area (Å²) in [6.45, 7) is 7.71. The predicted molar refractivity (Wildman–Crippen MR) is 65.4 cm³/mol. The Labute approximate surface area is 102 Å². The van der Waals surface area contributed by atoms with Gasteiger partial charge in [-0.05, 0) is 32.8 Å². The van der Waals surface area contributed by atoms with Gasteiger partial charge in [0.2, 0.25) is 0 Å². The largest absolute Gasteiger partial charge is 0.463 e. The Balaban J connectivity index is 5.03. The van der Waals surface area contributed by atoms with Crippen molar-refractivity contribution < 1.29 is 19.1 Å². The second-order valence-electron chi connectivity index (χ2n) is 3.33. The molecule has 0 unspecified atom stereocenters. The third-order valence-corrected chi connectivity index (χ3v) is 1.98. The third kappa shape index (κ3) is 5.90. The van der Waals surface area contributed by atoms with Crippen molar-refractivity contribution in [2.75, 3.05) is 13.2 Å². The van der Waals surface area contributed by atoms with Gasteiger partial charge < -0.3 is 9.47 Å². The summed E-state index contributed by atoms with van der Waals surface area (Å²) in [6, 6.07) is 0. The second kappa shape index (κ2) is 8.56. The van der Waals surface area contributed by atoms with Gasteiger partial charge in [0.25, 0.3) is 0 Å². The van der Waals surface area contributed by atoms with Crippen LogP contribution in [0, 0.1) is 0 Å². The molecular weight excluding hydrogens is 220 g/mol. The maximum Gasteiger partial charge on any atom is 0.338 e. The first-order valence-corrected chi connectivity index (χ1v) is 5.79. The minimum Gasteiger partial charge on any atom is -0.463 e. The van der Waals surface area contributed by atoms with E-state index in [4.69, 9.17) is 9.47 Å². The number of allylic oxidation sites excluding steroid dienone is 1. The van der Waals surface area contributed by atoms with E-state index in [1.54, 1.807) is 20.8 Å². The van der Waals surface area contributed by atoms with Crippen molar-refractivity contribution in [1.29, 1.82) is 0 Å². The summed E-state index contributed by atoms with van der Waals surface area (Å²) in [4.78, 5) is 23.0. The zero-order valence-corrected chi connectivity index (χ0v) is 10.9. The molecule has 0 aliphatic rings. The lowest BCUT2D eigenvalue weighted by atomic mass is 10.1. The van der Waals surface area contributed by atoms with Crippen LogP contribution in [-0.2, 0) is 19.1 Å². The molecule has 0 aromatic heterocycles. The minimum atomic E-state index is -0.528. The van der Waals surface area contributed by atoms with Gasteiger partial charge in [-0.25, -0.2) is 9.59 Å². The maximum absolute atomic E-state index is 11.7. The van der Waals surface area contributed by atoms with E-state index in [1.807, 2.05) is 13.0 Å². The summed E-state index contributed by atoms with van der Waals surface area (Å²) in [7, 11) is 0. The number of rotatable bonds is 6.